The zero-order valence-electron chi connectivity index (χ0n) is 11.6. The molecule has 2 heterocycles. The number of ketones is 1. The molecule has 3 rings (SSSR count). The summed E-state index contributed by atoms with van der Waals surface area (Å²) in [5, 5.41) is 17.2. The van der Waals surface area contributed by atoms with Gasteiger partial charge in [-0.2, -0.15) is 5.10 Å². The number of nitrogens with one attached hydrogen (secondary N) is 1. The number of halogens is 1. The lowest BCUT2D eigenvalue weighted by Gasteiger charge is -1.99. The Morgan fingerprint density at radius 2 is 2.22 bits per heavy atom. The maximum atomic E-state index is 11.8. The summed E-state index contributed by atoms with van der Waals surface area (Å²) in [7, 11) is 0. The summed E-state index contributed by atoms with van der Waals surface area (Å²) in [5.74, 6) is -0.659. The Bertz CT molecular complexity index is 858. The molecule has 0 aliphatic rings. The molecular weight excluding hydrogens is 338 g/mol. The number of aliphatic hydroxyl groups is 1. The van der Waals surface area contributed by atoms with E-state index in [-0.39, 0.29) is 11.6 Å². The standard InChI is InChI=1S/C15H10ClN3O3S/c16-10-3-1-2-4-13(10)23-14-5-9(7-22-14)11(20)6-12(21)15-17-8-18-19-15/h1-8,20H,(H,17,18,19). The van der Waals surface area contributed by atoms with Gasteiger partial charge >= 0.3 is 0 Å². The average Bonchev–Trinajstić information content (AvgIpc) is 3.21. The van der Waals surface area contributed by atoms with Crippen LogP contribution >= 0.6 is 23.4 Å². The van der Waals surface area contributed by atoms with Gasteiger partial charge in [0.15, 0.2) is 10.9 Å². The van der Waals surface area contributed by atoms with Gasteiger partial charge in [0, 0.05) is 17.0 Å². The average molecular weight is 348 g/mol. The molecule has 2 N–H and O–H groups in total. The number of furan rings is 1. The van der Waals surface area contributed by atoms with Crippen LogP contribution in [0.2, 0.25) is 5.02 Å². The number of allylic oxidation sites excluding steroid dienone is 1. The first-order valence-electron chi connectivity index (χ1n) is 6.45. The summed E-state index contributed by atoms with van der Waals surface area (Å²) in [5.41, 5.74) is 0.382. The molecule has 0 saturated carbocycles. The molecule has 2 aromatic heterocycles. The van der Waals surface area contributed by atoms with Crippen molar-refractivity contribution in [3.05, 3.63) is 65.4 Å². The van der Waals surface area contributed by atoms with Crippen LogP contribution in [-0.4, -0.2) is 26.1 Å². The smallest absolute Gasteiger partial charge is 0.226 e. The van der Waals surface area contributed by atoms with Gasteiger partial charge in [0.25, 0.3) is 0 Å². The summed E-state index contributed by atoms with van der Waals surface area (Å²) < 4.78 is 5.37. The number of rotatable bonds is 5. The fourth-order valence-corrected chi connectivity index (χ4v) is 2.80. The predicted molar refractivity (Wildman–Crippen MR) is 85.6 cm³/mol. The number of hydrogen-bond acceptors (Lipinski definition) is 6. The van der Waals surface area contributed by atoms with Gasteiger partial charge in [0.2, 0.25) is 5.78 Å². The Balaban J connectivity index is 1.76. The lowest BCUT2D eigenvalue weighted by atomic mass is 10.2. The lowest BCUT2D eigenvalue weighted by Crippen LogP contribution is -1.98. The van der Waals surface area contributed by atoms with E-state index in [1.54, 1.807) is 12.1 Å². The van der Waals surface area contributed by atoms with Crippen molar-refractivity contribution in [1.29, 1.82) is 0 Å². The van der Waals surface area contributed by atoms with E-state index >= 15 is 0 Å². The van der Waals surface area contributed by atoms with E-state index in [2.05, 4.69) is 15.2 Å². The molecule has 1 aromatic carbocycles. The second-order valence-corrected chi connectivity index (χ2v) is 5.87. The van der Waals surface area contributed by atoms with Crippen LogP contribution in [0.15, 0.2) is 63.4 Å². The molecule has 0 saturated heterocycles. The first kappa shape index (κ1) is 15.4. The van der Waals surface area contributed by atoms with Crippen LogP contribution in [0.25, 0.3) is 5.76 Å². The second-order valence-electron chi connectivity index (χ2n) is 4.41. The number of aromatic amines is 1. The van der Waals surface area contributed by atoms with Crippen LogP contribution in [0.4, 0.5) is 0 Å². The van der Waals surface area contributed by atoms with E-state index < -0.39 is 5.78 Å². The summed E-state index contributed by atoms with van der Waals surface area (Å²) in [4.78, 5) is 16.4. The van der Waals surface area contributed by atoms with Crippen molar-refractivity contribution in [2.45, 2.75) is 9.99 Å². The molecule has 0 aliphatic carbocycles. The fraction of sp³-hybridized carbons (Fsp3) is 0. The van der Waals surface area contributed by atoms with Gasteiger partial charge in [-0.3, -0.25) is 9.89 Å². The number of carbonyl (C=O) groups excluding carboxylic acids is 1. The molecule has 0 unspecified atom stereocenters. The Morgan fingerprint density at radius 1 is 1.39 bits per heavy atom. The molecule has 0 fully saturated rings. The highest BCUT2D eigenvalue weighted by atomic mass is 35.5. The van der Waals surface area contributed by atoms with Crippen molar-refractivity contribution < 1.29 is 14.3 Å². The third-order valence-electron chi connectivity index (χ3n) is 2.83. The molecule has 0 spiro atoms. The monoisotopic (exact) mass is 347 g/mol. The molecule has 0 atom stereocenters. The van der Waals surface area contributed by atoms with Crippen molar-refractivity contribution in [2.24, 2.45) is 0 Å². The molecule has 0 radical (unpaired) electrons. The van der Waals surface area contributed by atoms with Gasteiger partial charge in [0.1, 0.15) is 18.3 Å². The van der Waals surface area contributed by atoms with Gasteiger partial charge in [-0.1, -0.05) is 35.5 Å². The number of aromatic nitrogens is 3. The van der Waals surface area contributed by atoms with E-state index in [4.69, 9.17) is 16.0 Å². The van der Waals surface area contributed by atoms with Gasteiger partial charge in [-0.15, -0.1) is 0 Å². The van der Waals surface area contributed by atoms with Crippen LogP contribution in [0.5, 0.6) is 0 Å². The van der Waals surface area contributed by atoms with Gasteiger partial charge in [-0.05, 0) is 12.1 Å². The second kappa shape index (κ2) is 6.72. The lowest BCUT2D eigenvalue weighted by molar-refractivity contribution is 0.103. The van der Waals surface area contributed by atoms with E-state index in [9.17, 15) is 9.90 Å². The maximum absolute atomic E-state index is 11.8. The Hall–Kier alpha value is -2.51. The van der Waals surface area contributed by atoms with Gasteiger partial charge in [0.05, 0.1) is 10.6 Å². The minimum absolute atomic E-state index is 0.0470. The van der Waals surface area contributed by atoms with Crippen molar-refractivity contribution in [1.82, 2.24) is 15.2 Å². The number of carbonyl (C=O) groups is 1. The quantitative estimate of drug-likeness (QED) is 0.412. The SMILES string of the molecule is O=C(C=C(O)c1coc(Sc2ccccc2Cl)c1)c1ncn[nH]1. The van der Waals surface area contributed by atoms with Gasteiger partial charge in [-0.25, -0.2) is 4.98 Å². The number of benzene rings is 1. The normalized spacial score (nSPS) is 11.6. The minimum Gasteiger partial charge on any atom is -0.507 e. The Labute approximate surface area is 140 Å². The molecule has 0 aliphatic heterocycles. The highest BCUT2D eigenvalue weighted by Crippen LogP contribution is 2.34. The molecular formula is C15H10ClN3O3S. The zero-order valence-corrected chi connectivity index (χ0v) is 13.1. The predicted octanol–water partition coefficient (Wildman–Crippen LogP) is 3.98. The molecule has 3 aromatic rings. The van der Waals surface area contributed by atoms with E-state index in [1.807, 2.05) is 18.2 Å². The number of aliphatic hydroxyl groups excluding tert-OH is 1. The van der Waals surface area contributed by atoms with E-state index in [0.717, 1.165) is 11.0 Å². The molecule has 6 nitrogen and oxygen atoms in total. The molecule has 0 amide bonds. The summed E-state index contributed by atoms with van der Waals surface area (Å²) >= 11 is 7.40. The highest BCUT2D eigenvalue weighted by Gasteiger charge is 2.12. The first-order valence-corrected chi connectivity index (χ1v) is 7.64. The number of nitrogens with zero attached hydrogens (tertiary/aromatic N) is 2. The molecule has 23 heavy (non-hydrogen) atoms. The Kier molecular flexibility index (Phi) is 4.50. The van der Waals surface area contributed by atoms with Crippen LogP contribution in [0.1, 0.15) is 16.2 Å². The third-order valence-corrected chi connectivity index (χ3v) is 4.27. The van der Waals surface area contributed by atoms with Crippen LogP contribution in [0, 0.1) is 0 Å². The third kappa shape index (κ3) is 3.64. The minimum atomic E-state index is -0.485. The van der Waals surface area contributed by atoms with Crippen LogP contribution in [-0.2, 0) is 0 Å². The fourth-order valence-electron chi connectivity index (χ4n) is 1.74. The highest BCUT2D eigenvalue weighted by molar-refractivity contribution is 7.99. The van der Waals surface area contributed by atoms with Gasteiger partial charge < -0.3 is 9.52 Å². The van der Waals surface area contributed by atoms with Crippen molar-refractivity contribution >= 4 is 34.9 Å². The molecule has 116 valence electrons. The summed E-state index contributed by atoms with van der Waals surface area (Å²) in [6, 6.07) is 8.96. The van der Waals surface area contributed by atoms with Crippen LogP contribution in [0.3, 0.4) is 0 Å². The molecule has 0 bridgehead atoms. The maximum Gasteiger partial charge on any atom is 0.226 e. The van der Waals surface area contributed by atoms with E-state index in [1.165, 1.54) is 24.4 Å². The zero-order chi connectivity index (χ0) is 16.2. The summed E-state index contributed by atoms with van der Waals surface area (Å²) in [6.45, 7) is 0. The van der Waals surface area contributed by atoms with E-state index in [0.29, 0.717) is 15.7 Å². The number of H-pyrrole nitrogens is 1. The molecule has 8 heteroatoms. The largest absolute Gasteiger partial charge is 0.507 e. The van der Waals surface area contributed by atoms with Crippen molar-refractivity contribution in [3.63, 3.8) is 0 Å². The van der Waals surface area contributed by atoms with Crippen molar-refractivity contribution in [2.75, 3.05) is 0 Å². The Morgan fingerprint density at radius 3 is 2.96 bits per heavy atom. The number of hydrogen-bond donors (Lipinski definition) is 2. The topological polar surface area (TPSA) is 92.0 Å². The first-order chi connectivity index (χ1) is 11.1. The van der Waals surface area contributed by atoms with Crippen molar-refractivity contribution in [3.8, 4) is 0 Å². The van der Waals surface area contributed by atoms with Crippen LogP contribution < -0.4 is 0 Å². The summed E-state index contributed by atoms with van der Waals surface area (Å²) in [6.07, 6.45) is 3.63.